The zero-order valence-corrected chi connectivity index (χ0v) is 24.3. The van der Waals surface area contributed by atoms with Crippen molar-refractivity contribution in [1.29, 1.82) is 0 Å². The summed E-state index contributed by atoms with van der Waals surface area (Å²) in [4.78, 5) is 41.0. The number of carbonyl (C=O) groups excluding carboxylic acids is 3. The lowest BCUT2D eigenvalue weighted by atomic mass is 9.44. The van der Waals surface area contributed by atoms with Crippen molar-refractivity contribution in [2.75, 3.05) is 39.5 Å². The van der Waals surface area contributed by atoms with Gasteiger partial charge in [0, 0.05) is 19.5 Å². The molecule has 6 atom stereocenters. The Balaban J connectivity index is 0.00000420. The molecule has 4 aliphatic rings. The van der Waals surface area contributed by atoms with Crippen molar-refractivity contribution in [2.24, 2.45) is 10.8 Å². The molecular weight excluding hydrogens is 530 g/mol. The molecule has 2 aliphatic heterocycles. The monoisotopic (exact) mass is 571 g/mol. The minimum atomic E-state index is -2.21. The number of esters is 2. The SMILES string of the molecule is C=C[C@@]1(C)CC(=O)[C@@]2(O)[C@](C)(O1)[C@@H](OC(=O)COC(=O)CN1CCOCC1)C=C1C(C)(C)CC[C@H](O)[C@@]12C.Cl. The Hall–Kier alpha value is -1.82. The Bertz CT molecular complexity index is 1040. The largest absolute Gasteiger partial charge is 0.453 e. The zero-order valence-electron chi connectivity index (χ0n) is 23.5. The van der Waals surface area contributed by atoms with Gasteiger partial charge in [0.25, 0.3) is 0 Å². The van der Waals surface area contributed by atoms with E-state index < -0.39 is 64.2 Å². The van der Waals surface area contributed by atoms with E-state index in [1.54, 1.807) is 19.9 Å². The molecule has 0 spiro atoms. The second-order valence-electron chi connectivity index (χ2n) is 12.2. The highest BCUT2D eigenvalue weighted by Gasteiger charge is 2.76. The molecule has 0 unspecified atom stereocenters. The fourth-order valence-electron chi connectivity index (χ4n) is 6.90. The van der Waals surface area contributed by atoms with Crippen LogP contribution in [0.3, 0.4) is 0 Å². The first-order valence-electron chi connectivity index (χ1n) is 13.3. The molecule has 10 nitrogen and oxygen atoms in total. The molecule has 220 valence electrons. The normalized spacial score (nSPS) is 39.8. The first-order chi connectivity index (χ1) is 17.6. The van der Waals surface area contributed by atoms with Gasteiger partial charge in [-0.2, -0.15) is 0 Å². The molecule has 2 aliphatic carbocycles. The summed E-state index contributed by atoms with van der Waals surface area (Å²) in [5.41, 5.74) is -6.35. The number of aliphatic hydroxyl groups is 2. The van der Waals surface area contributed by atoms with Crippen molar-refractivity contribution >= 4 is 30.1 Å². The Morgan fingerprint density at radius 1 is 1.18 bits per heavy atom. The molecule has 11 heteroatoms. The Kier molecular flexibility index (Phi) is 8.84. The van der Waals surface area contributed by atoms with Crippen molar-refractivity contribution in [1.82, 2.24) is 4.90 Å². The summed E-state index contributed by atoms with van der Waals surface area (Å²) in [6, 6.07) is 0. The van der Waals surface area contributed by atoms with Gasteiger partial charge >= 0.3 is 11.9 Å². The predicted octanol–water partition coefficient (Wildman–Crippen LogP) is 1.75. The van der Waals surface area contributed by atoms with Gasteiger partial charge < -0.3 is 29.2 Å². The average molecular weight is 572 g/mol. The molecular formula is C28H42ClNO9. The van der Waals surface area contributed by atoms with Gasteiger partial charge in [-0.1, -0.05) is 25.5 Å². The van der Waals surface area contributed by atoms with Gasteiger partial charge in [-0.3, -0.25) is 14.5 Å². The molecule has 2 heterocycles. The number of ketones is 1. The number of Topliss-reactive ketones (excluding diaryl/α,β-unsaturated/α-hetero) is 1. The molecule has 0 bridgehead atoms. The van der Waals surface area contributed by atoms with Gasteiger partial charge in [0.15, 0.2) is 24.1 Å². The smallest absolute Gasteiger partial charge is 0.344 e. The van der Waals surface area contributed by atoms with E-state index in [9.17, 15) is 24.6 Å². The Morgan fingerprint density at radius 2 is 1.82 bits per heavy atom. The Morgan fingerprint density at radius 3 is 2.44 bits per heavy atom. The number of hydrogen-bond acceptors (Lipinski definition) is 10. The van der Waals surface area contributed by atoms with E-state index in [0.29, 0.717) is 44.7 Å². The van der Waals surface area contributed by atoms with Crippen molar-refractivity contribution in [3.8, 4) is 0 Å². The van der Waals surface area contributed by atoms with E-state index in [1.165, 1.54) is 13.0 Å². The minimum absolute atomic E-state index is 0. The second-order valence-corrected chi connectivity index (χ2v) is 12.2. The van der Waals surface area contributed by atoms with Gasteiger partial charge in [0.1, 0.15) is 5.60 Å². The lowest BCUT2D eigenvalue weighted by Gasteiger charge is -2.66. The first-order valence-corrected chi connectivity index (χ1v) is 13.3. The summed E-state index contributed by atoms with van der Waals surface area (Å²) >= 11 is 0. The molecule has 1 saturated carbocycles. The van der Waals surface area contributed by atoms with Crippen LogP contribution in [0, 0.1) is 10.8 Å². The molecule has 2 N–H and O–H groups in total. The molecule has 0 aromatic carbocycles. The molecule has 0 aromatic rings. The molecule has 0 aromatic heterocycles. The second kappa shape index (κ2) is 10.9. The molecule has 2 saturated heterocycles. The van der Waals surface area contributed by atoms with E-state index >= 15 is 0 Å². The van der Waals surface area contributed by atoms with Crippen LogP contribution < -0.4 is 0 Å². The van der Waals surface area contributed by atoms with E-state index in [1.807, 2.05) is 18.7 Å². The standard InChI is InChI=1S/C28H41NO9.ClH/c1-7-25(4)15-20(31)28(34)26(5)18(24(2,3)9-8-19(26)30)14-21(27(28,6)38-25)37-23(33)17-36-22(32)16-29-10-12-35-13-11-29;/h7,14,19,21,30,34H,1,8-13,15-17H2,2-6H3;1H/t19-,21-,25-,26+,27+,28-;/m0./s1. The summed E-state index contributed by atoms with van der Waals surface area (Å²) in [6.45, 7) is 14.3. The third-order valence-corrected chi connectivity index (χ3v) is 9.19. The van der Waals surface area contributed by atoms with Gasteiger partial charge in [0.05, 0.1) is 36.9 Å². The van der Waals surface area contributed by atoms with Crippen LogP contribution in [0.15, 0.2) is 24.3 Å². The number of aliphatic hydroxyl groups excluding tert-OH is 1. The van der Waals surface area contributed by atoms with Gasteiger partial charge in [0.2, 0.25) is 0 Å². The summed E-state index contributed by atoms with van der Waals surface area (Å²) in [6.07, 6.45) is 1.81. The van der Waals surface area contributed by atoms with Crippen LogP contribution >= 0.6 is 12.4 Å². The quantitative estimate of drug-likeness (QED) is 0.359. The van der Waals surface area contributed by atoms with E-state index in [2.05, 4.69) is 6.58 Å². The number of ether oxygens (including phenoxy) is 4. The Labute approximate surface area is 236 Å². The molecule has 4 rings (SSSR count). The van der Waals surface area contributed by atoms with Crippen molar-refractivity contribution in [2.45, 2.75) is 82.9 Å². The van der Waals surface area contributed by atoms with Crippen LogP contribution in [-0.2, 0) is 33.3 Å². The summed E-state index contributed by atoms with van der Waals surface area (Å²) in [5.74, 6) is -1.93. The fraction of sp³-hybridized carbons (Fsp3) is 0.750. The average Bonchev–Trinajstić information content (AvgIpc) is 2.85. The maximum absolute atomic E-state index is 13.8. The highest BCUT2D eigenvalue weighted by Crippen LogP contribution is 2.64. The number of hydrogen-bond donors (Lipinski definition) is 2. The van der Waals surface area contributed by atoms with Crippen molar-refractivity contribution in [3.63, 3.8) is 0 Å². The van der Waals surface area contributed by atoms with Gasteiger partial charge in [-0.05, 0) is 45.1 Å². The van der Waals surface area contributed by atoms with Crippen LogP contribution in [0.5, 0.6) is 0 Å². The maximum Gasteiger partial charge on any atom is 0.344 e. The summed E-state index contributed by atoms with van der Waals surface area (Å²) in [5, 5.41) is 23.6. The van der Waals surface area contributed by atoms with Crippen molar-refractivity contribution < 1.29 is 43.5 Å². The third kappa shape index (κ3) is 5.08. The minimum Gasteiger partial charge on any atom is -0.453 e. The summed E-state index contributed by atoms with van der Waals surface area (Å²) < 4.78 is 22.6. The maximum atomic E-state index is 13.8. The lowest BCUT2D eigenvalue weighted by molar-refractivity contribution is -0.305. The van der Waals surface area contributed by atoms with Crippen LogP contribution in [0.25, 0.3) is 0 Å². The highest BCUT2D eigenvalue weighted by atomic mass is 35.5. The highest BCUT2D eigenvalue weighted by molar-refractivity contribution is 5.93. The summed E-state index contributed by atoms with van der Waals surface area (Å²) in [7, 11) is 0. The van der Waals surface area contributed by atoms with Crippen LogP contribution in [0.4, 0.5) is 0 Å². The van der Waals surface area contributed by atoms with Crippen LogP contribution in [0.1, 0.15) is 53.9 Å². The number of fused-ring (bicyclic) bond motifs is 3. The number of nitrogens with zero attached hydrogens (tertiary/aromatic N) is 1. The molecule has 39 heavy (non-hydrogen) atoms. The molecule has 0 amide bonds. The number of morpholine rings is 1. The first kappa shape index (κ1) is 31.7. The fourth-order valence-corrected chi connectivity index (χ4v) is 6.90. The molecule has 3 fully saturated rings. The number of rotatable bonds is 6. The lowest BCUT2D eigenvalue weighted by Crippen LogP contribution is -2.81. The van der Waals surface area contributed by atoms with E-state index in [4.69, 9.17) is 18.9 Å². The van der Waals surface area contributed by atoms with Crippen LogP contribution in [-0.4, -0.2) is 101 Å². The zero-order chi connectivity index (χ0) is 28.1. The van der Waals surface area contributed by atoms with E-state index in [0.717, 1.165) is 0 Å². The third-order valence-electron chi connectivity index (χ3n) is 9.19. The van der Waals surface area contributed by atoms with Gasteiger partial charge in [-0.25, -0.2) is 4.79 Å². The van der Waals surface area contributed by atoms with Gasteiger partial charge in [-0.15, -0.1) is 19.0 Å². The predicted molar refractivity (Wildman–Crippen MR) is 143 cm³/mol. The van der Waals surface area contributed by atoms with Crippen LogP contribution in [0.2, 0.25) is 0 Å². The van der Waals surface area contributed by atoms with Crippen molar-refractivity contribution in [3.05, 3.63) is 24.3 Å². The number of halogens is 1. The molecule has 0 radical (unpaired) electrons. The topological polar surface area (TPSA) is 132 Å². The van der Waals surface area contributed by atoms with E-state index in [-0.39, 0.29) is 25.4 Å². The number of carbonyl (C=O) groups is 3.